The summed E-state index contributed by atoms with van der Waals surface area (Å²) >= 11 is 0. The summed E-state index contributed by atoms with van der Waals surface area (Å²) in [6.07, 6.45) is 5.53. The van der Waals surface area contributed by atoms with Crippen molar-refractivity contribution in [2.75, 3.05) is 0 Å². The average Bonchev–Trinajstić information content (AvgIpc) is 2.29. The molecule has 2 rings (SSSR count). The molecule has 0 heteroatoms. The van der Waals surface area contributed by atoms with Gasteiger partial charge in [0.05, 0.1) is 0 Å². The molecule has 1 aromatic rings. The van der Waals surface area contributed by atoms with Crippen LogP contribution in [0.5, 0.6) is 0 Å². The third-order valence-corrected chi connectivity index (χ3v) is 4.17. The predicted molar refractivity (Wildman–Crippen MR) is 69.4 cm³/mol. The van der Waals surface area contributed by atoms with Crippen LogP contribution in [0.15, 0.2) is 24.3 Å². The molecule has 0 nitrogen and oxygen atoms in total. The second-order valence-corrected chi connectivity index (χ2v) is 6.25. The smallest absolute Gasteiger partial charge is 0.0162 e. The summed E-state index contributed by atoms with van der Waals surface area (Å²) in [7, 11) is 0. The Bertz CT molecular complexity index is 310. The molecule has 1 aliphatic rings. The van der Waals surface area contributed by atoms with Gasteiger partial charge in [-0.15, -0.1) is 0 Å². The minimum Gasteiger partial charge on any atom is -0.0599 e. The minimum absolute atomic E-state index is 0.495. The van der Waals surface area contributed by atoms with E-state index in [0.717, 1.165) is 11.8 Å². The molecule has 0 aromatic heterocycles. The van der Waals surface area contributed by atoms with Crippen LogP contribution in [0.4, 0.5) is 0 Å². The Balaban J connectivity index is 1.96. The maximum atomic E-state index is 3.10. The number of hydrogen-bond acceptors (Lipinski definition) is 0. The summed E-state index contributed by atoms with van der Waals surface area (Å²) in [5.41, 5.74) is 2.02. The van der Waals surface area contributed by atoms with Crippen molar-refractivity contribution in [1.82, 2.24) is 0 Å². The SMILES string of the molecule is CC(C)(C)C1CCC(c2cc[c]cc2)CC1. The van der Waals surface area contributed by atoms with Crippen LogP contribution < -0.4 is 0 Å². The van der Waals surface area contributed by atoms with Crippen molar-refractivity contribution in [3.8, 4) is 0 Å². The van der Waals surface area contributed by atoms with Gasteiger partial charge in [0.1, 0.15) is 0 Å². The normalized spacial score (nSPS) is 26.7. The van der Waals surface area contributed by atoms with Crippen molar-refractivity contribution in [3.63, 3.8) is 0 Å². The molecule has 16 heavy (non-hydrogen) atoms. The highest BCUT2D eigenvalue weighted by atomic mass is 14.3. The van der Waals surface area contributed by atoms with Crippen LogP contribution in [-0.4, -0.2) is 0 Å². The van der Waals surface area contributed by atoms with Gasteiger partial charge in [-0.25, -0.2) is 0 Å². The van der Waals surface area contributed by atoms with Crippen LogP contribution >= 0.6 is 0 Å². The van der Waals surface area contributed by atoms with Crippen molar-refractivity contribution in [1.29, 1.82) is 0 Å². The highest BCUT2D eigenvalue weighted by molar-refractivity contribution is 5.19. The summed E-state index contributed by atoms with van der Waals surface area (Å²) in [4.78, 5) is 0. The van der Waals surface area contributed by atoms with E-state index in [2.05, 4.69) is 39.0 Å². The van der Waals surface area contributed by atoms with Gasteiger partial charge in [0.15, 0.2) is 0 Å². The zero-order chi connectivity index (χ0) is 11.6. The lowest BCUT2D eigenvalue weighted by Gasteiger charge is -2.37. The second-order valence-electron chi connectivity index (χ2n) is 6.25. The van der Waals surface area contributed by atoms with E-state index in [1.54, 1.807) is 0 Å². The van der Waals surface area contributed by atoms with Crippen LogP contribution in [-0.2, 0) is 0 Å². The maximum absolute atomic E-state index is 3.10. The maximum Gasteiger partial charge on any atom is -0.0162 e. The van der Waals surface area contributed by atoms with Crippen LogP contribution in [0.3, 0.4) is 0 Å². The molecule has 0 bridgehead atoms. The van der Waals surface area contributed by atoms with E-state index >= 15 is 0 Å². The van der Waals surface area contributed by atoms with Gasteiger partial charge in [-0.3, -0.25) is 0 Å². The molecule has 1 aliphatic carbocycles. The monoisotopic (exact) mass is 215 g/mol. The Morgan fingerprint density at radius 3 is 2.06 bits per heavy atom. The fraction of sp³-hybridized carbons (Fsp3) is 0.625. The van der Waals surface area contributed by atoms with Gasteiger partial charge in [0.2, 0.25) is 0 Å². The zero-order valence-electron chi connectivity index (χ0n) is 10.8. The highest BCUT2D eigenvalue weighted by Gasteiger charge is 2.29. The van der Waals surface area contributed by atoms with E-state index in [1.165, 1.54) is 31.2 Å². The van der Waals surface area contributed by atoms with Crippen molar-refractivity contribution in [2.24, 2.45) is 11.3 Å². The predicted octanol–water partition coefficient (Wildman–Crippen LogP) is 4.81. The van der Waals surface area contributed by atoms with Crippen LogP contribution in [0.1, 0.15) is 57.9 Å². The topological polar surface area (TPSA) is 0 Å². The van der Waals surface area contributed by atoms with Crippen molar-refractivity contribution in [3.05, 3.63) is 35.9 Å². The van der Waals surface area contributed by atoms with Gasteiger partial charge in [-0.05, 0) is 54.6 Å². The lowest BCUT2D eigenvalue weighted by atomic mass is 9.69. The van der Waals surface area contributed by atoms with E-state index in [1.807, 2.05) is 12.1 Å². The van der Waals surface area contributed by atoms with Crippen LogP contribution in [0.2, 0.25) is 0 Å². The first-order valence-electron chi connectivity index (χ1n) is 6.53. The Morgan fingerprint density at radius 2 is 1.56 bits per heavy atom. The van der Waals surface area contributed by atoms with Crippen LogP contribution in [0.25, 0.3) is 0 Å². The summed E-state index contributed by atoms with van der Waals surface area (Å²) < 4.78 is 0. The van der Waals surface area contributed by atoms with E-state index in [-0.39, 0.29) is 0 Å². The summed E-state index contributed by atoms with van der Waals surface area (Å²) in [5.74, 6) is 1.72. The molecule has 0 unspecified atom stereocenters. The second kappa shape index (κ2) is 4.61. The number of rotatable bonds is 1. The molecule has 0 aliphatic heterocycles. The zero-order valence-corrected chi connectivity index (χ0v) is 10.8. The van der Waals surface area contributed by atoms with Crippen molar-refractivity contribution in [2.45, 2.75) is 52.4 Å². The van der Waals surface area contributed by atoms with Gasteiger partial charge in [0, 0.05) is 0 Å². The number of benzene rings is 1. The molecule has 0 N–H and O–H groups in total. The molecule has 0 atom stereocenters. The average molecular weight is 215 g/mol. The van der Waals surface area contributed by atoms with Crippen molar-refractivity contribution < 1.29 is 0 Å². The summed E-state index contributed by atoms with van der Waals surface area (Å²) in [6, 6.07) is 11.7. The van der Waals surface area contributed by atoms with Gasteiger partial charge in [-0.2, -0.15) is 0 Å². The first kappa shape index (κ1) is 11.7. The largest absolute Gasteiger partial charge is 0.0599 e. The molecule has 0 amide bonds. The summed E-state index contributed by atoms with van der Waals surface area (Å²) in [5, 5.41) is 0. The van der Waals surface area contributed by atoms with Gasteiger partial charge in [0.25, 0.3) is 0 Å². The molecule has 1 radical (unpaired) electrons. The fourth-order valence-electron chi connectivity index (χ4n) is 2.96. The molecule has 1 saturated carbocycles. The highest BCUT2D eigenvalue weighted by Crippen LogP contribution is 2.42. The Labute approximate surface area is 100 Å². The quantitative estimate of drug-likeness (QED) is 0.631. The third-order valence-electron chi connectivity index (χ3n) is 4.17. The first-order valence-corrected chi connectivity index (χ1v) is 6.53. The van der Waals surface area contributed by atoms with Crippen LogP contribution in [0, 0.1) is 17.4 Å². The Kier molecular flexibility index (Phi) is 3.37. The molecule has 0 spiro atoms. The standard InChI is InChI=1S/C16H23/c1-16(2,3)15-11-9-14(10-12-15)13-7-5-4-6-8-13/h5-8,14-15H,9-12H2,1-3H3. The Morgan fingerprint density at radius 1 is 1.00 bits per heavy atom. The van der Waals surface area contributed by atoms with Gasteiger partial charge >= 0.3 is 0 Å². The molecule has 1 aromatic carbocycles. The van der Waals surface area contributed by atoms with Gasteiger partial charge in [-0.1, -0.05) is 45.0 Å². The lowest BCUT2D eigenvalue weighted by molar-refractivity contribution is 0.169. The molecule has 0 heterocycles. The van der Waals surface area contributed by atoms with Crippen molar-refractivity contribution >= 4 is 0 Å². The third kappa shape index (κ3) is 2.66. The van der Waals surface area contributed by atoms with E-state index < -0.39 is 0 Å². The Hall–Kier alpha value is -0.780. The fourth-order valence-corrected chi connectivity index (χ4v) is 2.96. The molecule has 1 fully saturated rings. The molecular formula is C16H23. The minimum atomic E-state index is 0.495. The van der Waals surface area contributed by atoms with E-state index in [4.69, 9.17) is 0 Å². The van der Waals surface area contributed by atoms with E-state index in [0.29, 0.717) is 5.41 Å². The number of hydrogen-bond donors (Lipinski definition) is 0. The molecule has 0 saturated heterocycles. The molecule has 87 valence electrons. The van der Waals surface area contributed by atoms with Gasteiger partial charge < -0.3 is 0 Å². The molecular weight excluding hydrogens is 192 g/mol. The first-order chi connectivity index (χ1) is 7.57. The van der Waals surface area contributed by atoms with E-state index in [9.17, 15) is 0 Å². The summed E-state index contributed by atoms with van der Waals surface area (Å²) in [6.45, 7) is 7.15. The lowest BCUT2D eigenvalue weighted by Crippen LogP contribution is -2.25.